The van der Waals surface area contributed by atoms with Crippen LogP contribution in [0.15, 0.2) is 11.6 Å². The van der Waals surface area contributed by atoms with Gasteiger partial charge in [0, 0.05) is 37.8 Å². The number of anilines is 1. The molecule has 0 atom stereocenters. The van der Waals surface area contributed by atoms with Crippen molar-refractivity contribution in [3.05, 3.63) is 11.6 Å². The summed E-state index contributed by atoms with van der Waals surface area (Å²) < 4.78 is 0. The number of rotatable bonds is 1. The maximum absolute atomic E-state index is 4.29. The van der Waals surface area contributed by atoms with Crippen molar-refractivity contribution in [3.8, 4) is 0 Å². The van der Waals surface area contributed by atoms with Crippen molar-refractivity contribution in [2.45, 2.75) is 13.8 Å². The highest BCUT2D eigenvalue weighted by molar-refractivity contribution is 7.13. The number of aromatic nitrogens is 1. The summed E-state index contributed by atoms with van der Waals surface area (Å²) in [5.74, 6) is 0. The molecule has 1 saturated heterocycles. The molecule has 0 aromatic carbocycles. The first-order chi connectivity index (χ1) is 6.86. The standard InChI is InChI=1S/C8H13N3S.C2H6/c1-10-3-5-11(6-4-10)8-9-2-7-12-8;1-2/h2,7H,3-6H2,1H3;1-2H3. The summed E-state index contributed by atoms with van der Waals surface area (Å²) in [7, 11) is 2.17. The van der Waals surface area contributed by atoms with E-state index in [4.69, 9.17) is 0 Å². The lowest BCUT2D eigenvalue weighted by Gasteiger charge is -2.31. The lowest BCUT2D eigenvalue weighted by Crippen LogP contribution is -2.44. The average molecular weight is 213 g/mol. The summed E-state index contributed by atoms with van der Waals surface area (Å²) in [5, 5.41) is 3.20. The third-order valence-electron chi connectivity index (χ3n) is 2.19. The number of piperazine rings is 1. The molecule has 1 aliphatic heterocycles. The van der Waals surface area contributed by atoms with E-state index in [2.05, 4.69) is 21.8 Å². The van der Waals surface area contributed by atoms with Gasteiger partial charge < -0.3 is 9.80 Å². The van der Waals surface area contributed by atoms with E-state index < -0.39 is 0 Å². The van der Waals surface area contributed by atoms with Crippen LogP contribution in [0, 0.1) is 0 Å². The lowest BCUT2D eigenvalue weighted by atomic mass is 10.3. The molecular formula is C10H19N3S. The summed E-state index contributed by atoms with van der Waals surface area (Å²) in [6, 6.07) is 0. The number of thiazole rings is 1. The topological polar surface area (TPSA) is 19.4 Å². The molecular weight excluding hydrogens is 194 g/mol. The maximum atomic E-state index is 4.29. The highest BCUT2D eigenvalue weighted by Crippen LogP contribution is 2.18. The van der Waals surface area contributed by atoms with Crippen LogP contribution in [-0.4, -0.2) is 43.1 Å². The molecule has 0 unspecified atom stereocenters. The van der Waals surface area contributed by atoms with Gasteiger partial charge in [-0.1, -0.05) is 13.8 Å². The highest BCUT2D eigenvalue weighted by Gasteiger charge is 2.15. The third-order valence-corrected chi connectivity index (χ3v) is 3.03. The molecule has 0 saturated carbocycles. The van der Waals surface area contributed by atoms with E-state index in [1.54, 1.807) is 11.3 Å². The van der Waals surface area contributed by atoms with Crippen molar-refractivity contribution >= 4 is 16.5 Å². The van der Waals surface area contributed by atoms with Crippen LogP contribution < -0.4 is 4.90 Å². The van der Waals surface area contributed by atoms with Crippen molar-refractivity contribution in [1.82, 2.24) is 9.88 Å². The first kappa shape index (κ1) is 11.5. The van der Waals surface area contributed by atoms with Gasteiger partial charge in [-0.05, 0) is 7.05 Å². The highest BCUT2D eigenvalue weighted by atomic mass is 32.1. The largest absolute Gasteiger partial charge is 0.346 e. The fraction of sp³-hybridized carbons (Fsp3) is 0.700. The molecule has 2 heterocycles. The Morgan fingerprint density at radius 3 is 2.36 bits per heavy atom. The second-order valence-corrected chi connectivity index (χ2v) is 3.98. The first-order valence-electron chi connectivity index (χ1n) is 5.19. The summed E-state index contributed by atoms with van der Waals surface area (Å²) in [5.41, 5.74) is 0. The van der Waals surface area contributed by atoms with Gasteiger partial charge in [0.15, 0.2) is 5.13 Å². The second kappa shape index (κ2) is 5.98. The molecule has 0 spiro atoms. The monoisotopic (exact) mass is 213 g/mol. The van der Waals surface area contributed by atoms with Gasteiger partial charge in [-0.2, -0.15) is 0 Å². The van der Waals surface area contributed by atoms with Gasteiger partial charge in [0.25, 0.3) is 0 Å². The molecule has 4 heteroatoms. The molecule has 1 aliphatic rings. The predicted molar refractivity (Wildman–Crippen MR) is 63.2 cm³/mol. The van der Waals surface area contributed by atoms with Gasteiger partial charge in [0.05, 0.1) is 0 Å². The van der Waals surface area contributed by atoms with Gasteiger partial charge in [0.1, 0.15) is 0 Å². The molecule has 0 amide bonds. The van der Waals surface area contributed by atoms with Gasteiger partial charge in [-0.25, -0.2) is 4.98 Å². The van der Waals surface area contributed by atoms with Crippen LogP contribution in [-0.2, 0) is 0 Å². The number of likely N-dealkylation sites (N-methyl/N-ethyl adjacent to an activating group) is 1. The average Bonchev–Trinajstić information content (AvgIpc) is 2.75. The Labute approximate surface area is 90.4 Å². The van der Waals surface area contributed by atoms with E-state index in [0.717, 1.165) is 26.2 Å². The van der Waals surface area contributed by atoms with Crippen LogP contribution in [0.5, 0.6) is 0 Å². The molecule has 0 aliphatic carbocycles. The van der Waals surface area contributed by atoms with Crippen molar-refractivity contribution in [3.63, 3.8) is 0 Å². The number of hydrogen-bond acceptors (Lipinski definition) is 4. The second-order valence-electron chi connectivity index (χ2n) is 3.11. The zero-order valence-electron chi connectivity index (χ0n) is 9.23. The summed E-state index contributed by atoms with van der Waals surface area (Å²) in [4.78, 5) is 8.99. The summed E-state index contributed by atoms with van der Waals surface area (Å²) in [6.45, 7) is 8.53. The normalized spacial score (nSPS) is 17.5. The van der Waals surface area contributed by atoms with Gasteiger partial charge in [-0.3, -0.25) is 0 Å². The van der Waals surface area contributed by atoms with E-state index >= 15 is 0 Å². The summed E-state index contributed by atoms with van der Waals surface area (Å²) in [6.07, 6.45) is 1.87. The van der Waals surface area contributed by atoms with Crippen LogP contribution in [0.2, 0.25) is 0 Å². The Balaban J connectivity index is 0.000000461. The van der Waals surface area contributed by atoms with E-state index in [1.807, 2.05) is 25.4 Å². The molecule has 0 radical (unpaired) electrons. The minimum atomic E-state index is 1.12. The number of hydrogen-bond donors (Lipinski definition) is 0. The zero-order valence-corrected chi connectivity index (χ0v) is 10.0. The Bertz CT molecular complexity index is 228. The van der Waals surface area contributed by atoms with Crippen molar-refractivity contribution in [2.75, 3.05) is 38.1 Å². The SMILES string of the molecule is CC.CN1CCN(c2nccs2)CC1. The minimum absolute atomic E-state index is 1.12. The Kier molecular flexibility index (Phi) is 4.90. The fourth-order valence-corrected chi connectivity index (χ4v) is 2.07. The smallest absolute Gasteiger partial charge is 0.185 e. The van der Waals surface area contributed by atoms with Crippen molar-refractivity contribution in [1.29, 1.82) is 0 Å². The van der Waals surface area contributed by atoms with Crippen LogP contribution in [0.4, 0.5) is 5.13 Å². The van der Waals surface area contributed by atoms with Crippen LogP contribution >= 0.6 is 11.3 Å². The van der Waals surface area contributed by atoms with Gasteiger partial charge in [-0.15, -0.1) is 11.3 Å². The molecule has 0 N–H and O–H groups in total. The van der Waals surface area contributed by atoms with E-state index in [-0.39, 0.29) is 0 Å². The zero-order chi connectivity index (χ0) is 10.4. The first-order valence-corrected chi connectivity index (χ1v) is 6.07. The molecule has 1 fully saturated rings. The molecule has 2 rings (SSSR count). The molecule has 14 heavy (non-hydrogen) atoms. The molecule has 3 nitrogen and oxygen atoms in total. The van der Waals surface area contributed by atoms with Crippen molar-refractivity contribution < 1.29 is 0 Å². The van der Waals surface area contributed by atoms with Crippen molar-refractivity contribution in [2.24, 2.45) is 0 Å². The Morgan fingerprint density at radius 1 is 1.21 bits per heavy atom. The van der Waals surface area contributed by atoms with Crippen LogP contribution in [0.1, 0.15) is 13.8 Å². The quantitative estimate of drug-likeness (QED) is 0.710. The Hall–Kier alpha value is -0.610. The molecule has 0 bridgehead atoms. The minimum Gasteiger partial charge on any atom is -0.346 e. The molecule has 80 valence electrons. The van der Waals surface area contributed by atoms with E-state index in [1.165, 1.54) is 5.13 Å². The Morgan fingerprint density at radius 2 is 1.86 bits per heavy atom. The van der Waals surface area contributed by atoms with Gasteiger partial charge in [0.2, 0.25) is 0 Å². The summed E-state index contributed by atoms with van der Waals surface area (Å²) >= 11 is 1.73. The fourth-order valence-electron chi connectivity index (χ4n) is 1.37. The lowest BCUT2D eigenvalue weighted by molar-refractivity contribution is 0.313. The maximum Gasteiger partial charge on any atom is 0.185 e. The third kappa shape index (κ3) is 2.96. The predicted octanol–water partition coefficient (Wildman–Crippen LogP) is 1.92. The van der Waals surface area contributed by atoms with E-state index in [9.17, 15) is 0 Å². The van der Waals surface area contributed by atoms with Crippen LogP contribution in [0.25, 0.3) is 0 Å². The van der Waals surface area contributed by atoms with E-state index in [0.29, 0.717) is 0 Å². The number of nitrogens with zero attached hydrogens (tertiary/aromatic N) is 3. The molecule has 1 aromatic rings. The van der Waals surface area contributed by atoms with Gasteiger partial charge >= 0.3 is 0 Å². The molecule has 1 aromatic heterocycles. The van der Waals surface area contributed by atoms with Crippen LogP contribution in [0.3, 0.4) is 0 Å².